The van der Waals surface area contributed by atoms with Crippen molar-refractivity contribution in [3.63, 3.8) is 0 Å². The molecule has 8 nitrogen and oxygen atoms in total. The maximum atomic E-state index is 12.7. The summed E-state index contributed by atoms with van der Waals surface area (Å²) < 4.78 is 26.9. The molecule has 9 heteroatoms. The van der Waals surface area contributed by atoms with Crippen molar-refractivity contribution in [1.82, 2.24) is 19.3 Å². The van der Waals surface area contributed by atoms with Crippen LogP contribution in [0.5, 0.6) is 0 Å². The standard InChI is InChI=1S/C23H21N5O3S/c1-28(17-5-6-17)32(30,31)18-7-2-14(3-8-18)20-13-26-22(24)21(27-20)16-4-9-19-15(12-16)10-11-25-23(19)29/h2-4,7-13,17H,5-6H2,1H3,(H2,24,26)(H,25,29). The van der Waals surface area contributed by atoms with Crippen LogP contribution < -0.4 is 11.3 Å². The highest BCUT2D eigenvalue weighted by atomic mass is 32.2. The number of hydrogen-bond acceptors (Lipinski definition) is 6. The number of rotatable bonds is 5. The van der Waals surface area contributed by atoms with Gasteiger partial charge in [-0.05, 0) is 48.6 Å². The van der Waals surface area contributed by atoms with Gasteiger partial charge in [0.1, 0.15) is 11.5 Å². The molecule has 32 heavy (non-hydrogen) atoms. The van der Waals surface area contributed by atoms with Crippen molar-refractivity contribution < 1.29 is 8.42 Å². The molecule has 0 radical (unpaired) electrons. The van der Waals surface area contributed by atoms with Gasteiger partial charge in [0.15, 0.2) is 0 Å². The minimum Gasteiger partial charge on any atom is -0.382 e. The molecule has 1 aliphatic rings. The number of aromatic nitrogens is 3. The van der Waals surface area contributed by atoms with Gasteiger partial charge in [0.25, 0.3) is 5.56 Å². The Morgan fingerprint density at radius 2 is 1.78 bits per heavy atom. The van der Waals surface area contributed by atoms with Gasteiger partial charge in [0.2, 0.25) is 10.0 Å². The quantitative estimate of drug-likeness (QED) is 0.485. The summed E-state index contributed by atoms with van der Waals surface area (Å²) in [5, 5.41) is 1.35. The largest absolute Gasteiger partial charge is 0.382 e. The van der Waals surface area contributed by atoms with Crippen LogP contribution >= 0.6 is 0 Å². The Balaban J connectivity index is 1.51. The lowest BCUT2D eigenvalue weighted by molar-refractivity contribution is 0.464. The SMILES string of the molecule is CN(C1CC1)S(=O)(=O)c1ccc(-c2cnc(N)c(-c3ccc4c(=O)[nH]ccc4c3)n2)cc1. The van der Waals surface area contributed by atoms with E-state index >= 15 is 0 Å². The molecule has 0 atom stereocenters. The number of anilines is 1. The molecule has 162 valence electrons. The highest BCUT2D eigenvalue weighted by molar-refractivity contribution is 7.89. The Morgan fingerprint density at radius 3 is 2.50 bits per heavy atom. The molecule has 4 aromatic rings. The predicted molar refractivity (Wildman–Crippen MR) is 123 cm³/mol. The van der Waals surface area contributed by atoms with Crippen LogP contribution in [0.1, 0.15) is 12.8 Å². The molecular formula is C23H21N5O3S. The monoisotopic (exact) mass is 447 g/mol. The highest BCUT2D eigenvalue weighted by Crippen LogP contribution is 2.32. The zero-order valence-electron chi connectivity index (χ0n) is 17.3. The number of sulfonamides is 1. The third-order valence-electron chi connectivity index (χ3n) is 5.74. The molecule has 2 heterocycles. The number of benzene rings is 2. The van der Waals surface area contributed by atoms with E-state index in [1.165, 1.54) is 4.31 Å². The predicted octanol–water partition coefficient (Wildman–Crippen LogP) is 3.02. The summed E-state index contributed by atoms with van der Waals surface area (Å²) in [5.74, 6) is 0.267. The summed E-state index contributed by atoms with van der Waals surface area (Å²) in [4.78, 5) is 23.8. The summed E-state index contributed by atoms with van der Waals surface area (Å²) in [6.07, 6.45) is 4.96. The molecule has 0 unspecified atom stereocenters. The van der Waals surface area contributed by atoms with Crippen molar-refractivity contribution in [3.05, 3.63) is 71.3 Å². The number of nitrogens with two attached hydrogens (primary N) is 1. The van der Waals surface area contributed by atoms with Crippen LogP contribution in [0, 0.1) is 0 Å². The van der Waals surface area contributed by atoms with E-state index in [0.29, 0.717) is 16.8 Å². The first-order chi connectivity index (χ1) is 15.3. The second kappa shape index (κ2) is 7.54. The second-order valence-corrected chi connectivity index (χ2v) is 9.87. The van der Waals surface area contributed by atoms with Crippen molar-refractivity contribution in [3.8, 4) is 22.5 Å². The van der Waals surface area contributed by atoms with Gasteiger partial charge in [-0.3, -0.25) is 4.79 Å². The first-order valence-electron chi connectivity index (χ1n) is 10.2. The second-order valence-electron chi connectivity index (χ2n) is 7.87. The third-order valence-corrected chi connectivity index (χ3v) is 7.66. The van der Waals surface area contributed by atoms with E-state index < -0.39 is 10.0 Å². The fourth-order valence-corrected chi connectivity index (χ4v) is 5.10. The average molecular weight is 448 g/mol. The normalized spacial score (nSPS) is 14.2. The van der Waals surface area contributed by atoms with Crippen molar-refractivity contribution in [1.29, 1.82) is 0 Å². The zero-order valence-corrected chi connectivity index (χ0v) is 18.1. The molecule has 2 aromatic carbocycles. The third kappa shape index (κ3) is 3.55. The Kier molecular flexibility index (Phi) is 4.79. The number of hydrogen-bond donors (Lipinski definition) is 2. The Hall–Kier alpha value is -3.56. The van der Waals surface area contributed by atoms with E-state index in [-0.39, 0.29) is 22.3 Å². The Morgan fingerprint density at radius 1 is 1.06 bits per heavy atom. The first kappa shape index (κ1) is 20.3. The summed E-state index contributed by atoms with van der Waals surface area (Å²) in [6, 6.07) is 13.9. The molecule has 0 bridgehead atoms. The number of nitrogen functional groups attached to an aromatic ring is 1. The molecule has 2 aromatic heterocycles. The lowest BCUT2D eigenvalue weighted by Crippen LogP contribution is -2.28. The molecular weight excluding hydrogens is 426 g/mol. The summed E-state index contributed by atoms with van der Waals surface area (Å²) in [6.45, 7) is 0. The number of nitrogens with one attached hydrogen (secondary N) is 1. The topological polar surface area (TPSA) is 122 Å². The summed E-state index contributed by atoms with van der Waals surface area (Å²) >= 11 is 0. The van der Waals surface area contributed by atoms with Gasteiger partial charge in [0, 0.05) is 35.8 Å². The highest BCUT2D eigenvalue weighted by Gasteiger charge is 2.34. The van der Waals surface area contributed by atoms with Gasteiger partial charge in [0.05, 0.1) is 16.8 Å². The minimum absolute atomic E-state index is 0.0998. The van der Waals surface area contributed by atoms with Crippen molar-refractivity contribution in [2.24, 2.45) is 0 Å². The fraction of sp³-hybridized carbons (Fsp3) is 0.174. The van der Waals surface area contributed by atoms with Crippen LogP contribution in [-0.2, 0) is 10.0 Å². The minimum atomic E-state index is -3.51. The molecule has 1 saturated carbocycles. The smallest absolute Gasteiger partial charge is 0.255 e. The van der Waals surface area contributed by atoms with Gasteiger partial charge in [-0.25, -0.2) is 18.4 Å². The Bertz CT molecular complexity index is 1490. The summed E-state index contributed by atoms with van der Waals surface area (Å²) in [5.41, 5.74) is 8.46. The van der Waals surface area contributed by atoms with E-state index in [1.54, 1.807) is 55.8 Å². The van der Waals surface area contributed by atoms with Crippen LogP contribution in [-0.4, -0.2) is 40.8 Å². The zero-order chi connectivity index (χ0) is 22.5. The number of H-pyrrole nitrogens is 1. The van der Waals surface area contributed by atoms with E-state index in [1.807, 2.05) is 12.1 Å². The number of pyridine rings is 1. The summed E-state index contributed by atoms with van der Waals surface area (Å²) in [7, 11) is -1.89. The van der Waals surface area contributed by atoms with Crippen LogP contribution in [0.4, 0.5) is 5.82 Å². The van der Waals surface area contributed by atoms with Crippen molar-refractivity contribution >= 4 is 26.6 Å². The maximum absolute atomic E-state index is 12.7. The molecule has 1 aliphatic carbocycles. The number of aromatic amines is 1. The van der Waals surface area contributed by atoms with E-state index in [0.717, 1.165) is 29.4 Å². The van der Waals surface area contributed by atoms with Crippen LogP contribution in [0.3, 0.4) is 0 Å². The van der Waals surface area contributed by atoms with E-state index in [9.17, 15) is 13.2 Å². The molecule has 1 fully saturated rings. The van der Waals surface area contributed by atoms with Gasteiger partial charge >= 0.3 is 0 Å². The molecule has 0 aliphatic heterocycles. The van der Waals surface area contributed by atoms with Crippen molar-refractivity contribution in [2.75, 3.05) is 12.8 Å². The average Bonchev–Trinajstić information content (AvgIpc) is 3.64. The Labute approximate surface area is 184 Å². The maximum Gasteiger partial charge on any atom is 0.255 e. The van der Waals surface area contributed by atoms with Crippen LogP contribution in [0.25, 0.3) is 33.3 Å². The van der Waals surface area contributed by atoms with Crippen LogP contribution in [0.15, 0.2) is 70.6 Å². The van der Waals surface area contributed by atoms with E-state index in [4.69, 9.17) is 5.73 Å². The number of fused-ring (bicyclic) bond motifs is 1. The molecule has 3 N–H and O–H groups in total. The van der Waals surface area contributed by atoms with Gasteiger partial charge in [-0.1, -0.05) is 18.2 Å². The molecule has 0 spiro atoms. The van der Waals surface area contributed by atoms with Gasteiger partial charge in [-0.2, -0.15) is 4.31 Å². The van der Waals surface area contributed by atoms with Crippen molar-refractivity contribution in [2.45, 2.75) is 23.8 Å². The van der Waals surface area contributed by atoms with Gasteiger partial charge in [-0.15, -0.1) is 0 Å². The molecule has 0 amide bonds. The van der Waals surface area contributed by atoms with Crippen LogP contribution in [0.2, 0.25) is 0 Å². The fourth-order valence-electron chi connectivity index (χ4n) is 3.69. The molecule has 0 saturated heterocycles. The molecule has 5 rings (SSSR count). The van der Waals surface area contributed by atoms with E-state index in [2.05, 4.69) is 15.0 Å². The van der Waals surface area contributed by atoms with Gasteiger partial charge < -0.3 is 10.7 Å². The lowest BCUT2D eigenvalue weighted by Gasteiger charge is -2.16. The first-order valence-corrected chi connectivity index (χ1v) is 11.6. The lowest BCUT2D eigenvalue weighted by atomic mass is 10.1. The number of nitrogens with zero attached hydrogens (tertiary/aromatic N) is 3.